The third-order valence-corrected chi connectivity index (χ3v) is 3.57. The summed E-state index contributed by atoms with van der Waals surface area (Å²) in [7, 11) is 0. The van der Waals surface area contributed by atoms with Crippen molar-refractivity contribution in [1.29, 1.82) is 0 Å². The lowest BCUT2D eigenvalue weighted by Gasteiger charge is -2.19. The Morgan fingerprint density at radius 2 is 2.17 bits per heavy atom. The molecule has 0 aliphatic heterocycles. The van der Waals surface area contributed by atoms with Crippen LogP contribution in [0.5, 0.6) is 0 Å². The number of rotatable bonds is 8. The van der Waals surface area contributed by atoms with Gasteiger partial charge >= 0.3 is 0 Å². The molecule has 1 aromatic rings. The maximum Gasteiger partial charge on any atom is 0.118 e. The van der Waals surface area contributed by atoms with E-state index >= 15 is 0 Å². The zero-order valence-corrected chi connectivity index (χ0v) is 12.0. The molecule has 0 amide bonds. The standard InChI is InChI=1S/C15H26N2O/c1-4-8-17(14-6-7-14)11-15-9-13(10-16-5-2)12(3)18-15/h9,14,16H,4-8,10-11H2,1-3H3. The first-order valence-corrected chi connectivity index (χ1v) is 7.27. The Hall–Kier alpha value is -0.800. The van der Waals surface area contributed by atoms with Gasteiger partial charge in [-0.15, -0.1) is 0 Å². The molecule has 1 saturated carbocycles. The summed E-state index contributed by atoms with van der Waals surface area (Å²) < 4.78 is 5.88. The van der Waals surface area contributed by atoms with Crippen LogP contribution >= 0.6 is 0 Å². The molecule has 1 N–H and O–H groups in total. The molecule has 1 aliphatic rings. The first-order valence-electron chi connectivity index (χ1n) is 7.27. The Balaban J connectivity index is 1.95. The highest BCUT2D eigenvalue weighted by Crippen LogP contribution is 2.29. The van der Waals surface area contributed by atoms with E-state index in [1.807, 2.05) is 0 Å². The number of hydrogen-bond acceptors (Lipinski definition) is 3. The summed E-state index contributed by atoms with van der Waals surface area (Å²) >= 11 is 0. The van der Waals surface area contributed by atoms with Crippen LogP contribution in [0.15, 0.2) is 10.5 Å². The Morgan fingerprint density at radius 3 is 2.78 bits per heavy atom. The third-order valence-electron chi connectivity index (χ3n) is 3.57. The normalized spacial score (nSPS) is 15.6. The molecule has 0 atom stereocenters. The van der Waals surface area contributed by atoms with Crippen LogP contribution in [0.4, 0.5) is 0 Å². The number of nitrogens with one attached hydrogen (secondary N) is 1. The van der Waals surface area contributed by atoms with Crippen LogP contribution in [-0.4, -0.2) is 24.0 Å². The fourth-order valence-corrected chi connectivity index (χ4v) is 2.42. The Kier molecular flexibility index (Phi) is 4.84. The first kappa shape index (κ1) is 13.6. The molecule has 3 heteroatoms. The van der Waals surface area contributed by atoms with Crippen LogP contribution in [-0.2, 0) is 13.1 Å². The van der Waals surface area contributed by atoms with Gasteiger partial charge in [-0.05, 0) is 45.3 Å². The molecule has 0 unspecified atom stereocenters. The Labute approximate surface area is 111 Å². The van der Waals surface area contributed by atoms with Crippen LogP contribution in [0.1, 0.15) is 50.2 Å². The number of furan rings is 1. The van der Waals surface area contributed by atoms with E-state index in [2.05, 4.69) is 37.1 Å². The van der Waals surface area contributed by atoms with E-state index in [0.29, 0.717) is 0 Å². The fraction of sp³-hybridized carbons (Fsp3) is 0.733. The van der Waals surface area contributed by atoms with E-state index < -0.39 is 0 Å². The molecule has 0 radical (unpaired) electrons. The summed E-state index contributed by atoms with van der Waals surface area (Å²) in [5, 5.41) is 3.36. The lowest BCUT2D eigenvalue weighted by atomic mass is 10.2. The molecule has 1 aliphatic carbocycles. The van der Waals surface area contributed by atoms with Gasteiger partial charge in [-0.3, -0.25) is 4.90 Å². The Bertz CT molecular complexity index is 369. The SMILES string of the molecule is CCCN(Cc1cc(CNCC)c(C)o1)C1CC1. The summed E-state index contributed by atoms with van der Waals surface area (Å²) in [5.41, 5.74) is 1.30. The molecule has 102 valence electrons. The minimum atomic E-state index is 0.813. The van der Waals surface area contributed by atoms with Gasteiger partial charge in [-0.2, -0.15) is 0 Å². The average Bonchev–Trinajstić information content (AvgIpc) is 3.12. The van der Waals surface area contributed by atoms with Gasteiger partial charge in [0.15, 0.2) is 0 Å². The van der Waals surface area contributed by atoms with Gasteiger partial charge in [0, 0.05) is 18.2 Å². The molecule has 0 saturated heterocycles. The molecule has 0 spiro atoms. The Morgan fingerprint density at radius 1 is 1.39 bits per heavy atom. The van der Waals surface area contributed by atoms with Crippen molar-refractivity contribution in [2.45, 2.75) is 59.2 Å². The number of hydrogen-bond donors (Lipinski definition) is 1. The van der Waals surface area contributed by atoms with Gasteiger partial charge in [-0.1, -0.05) is 13.8 Å². The van der Waals surface area contributed by atoms with Crippen molar-refractivity contribution in [3.8, 4) is 0 Å². The summed E-state index contributed by atoms with van der Waals surface area (Å²) in [6.07, 6.45) is 3.95. The van der Waals surface area contributed by atoms with Crippen molar-refractivity contribution in [3.05, 3.63) is 23.2 Å². The predicted octanol–water partition coefficient (Wildman–Crippen LogP) is 3.07. The van der Waals surface area contributed by atoms with E-state index in [1.165, 1.54) is 31.4 Å². The maximum atomic E-state index is 5.88. The first-order chi connectivity index (χ1) is 8.74. The highest BCUT2D eigenvalue weighted by Gasteiger charge is 2.29. The van der Waals surface area contributed by atoms with E-state index in [1.54, 1.807) is 0 Å². The highest BCUT2D eigenvalue weighted by molar-refractivity contribution is 5.20. The number of aryl methyl sites for hydroxylation is 1. The quantitative estimate of drug-likeness (QED) is 0.768. The summed E-state index contributed by atoms with van der Waals surface area (Å²) in [4.78, 5) is 2.56. The second kappa shape index (κ2) is 6.39. The minimum Gasteiger partial charge on any atom is -0.465 e. The van der Waals surface area contributed by atoms with Gasteiger partial charge in [0.2, 0.25) is 0 Å². The largest absolute Gasteiger partial charge is 0.465 e. The van der Waals surface area contributed by atoms with Crippen LogP contribution in [0.2, 0.25) is 0 Å². The van der Waals surface area contributed by atoms with Gasteiger partial charge in [0.25, 0.3) is 0 Å². The molecule has 1 aromatic heterocycles. The molecular formula is C15H26N2O. The number of nitrogens with zero attached hydrogens (tertiary/aromatic N) is 1. The van der Waals surface area contributed by atoms with Crippen LogP contribution in [0.3, 0.4) is 0 Å². The minimum absolute atomic E-state index is 0.813. The molecular weight excluding hydrogens is 224 g/mol. The highest BCUT2D eigenvalue weighted by atomic mass is 16.3. The molecule has 1 heterocycles. The summed E-state index contributed by atoms with van der Waals surface area (Å²) in [6, 6.07) is 3.04. The summed E-state index contributed by atoms with van der Waals surface area (Å²) in [6.45, 7) is 10.5. The van der Waals surface area contributed by atoms with Gasteiger partial charge in [-0.25, -0.2) is 0 Å². The molecule has 0 bridgehead atoms. The third kappa shape index (κ3) is 3.59. The average molecular weight is 250 g/mol. The van der Waals surface area contributed by atoms with Gasteiger partial charge in [0.1, 0.15) is 11.5 Å². The molecule has 1 fully saturated rings. The van der Waals surface area contributed by atoms with E-state index in [4.69, 9.17) is 4.42 Å². The topological polar surface area (TPSA) is 28.4 Å². The second-order valence-electron chi connectivity index (χ2n) is 5.28. The smallest absolute Gasteiger partial charge is 0.118 e. The monoisotopic (exact) mass is 250 g/mol. The van der Waals surface area contributed by atoms with Crippen molar-refractivity contribution in [2.75, 3.05) is 13.1 Å². The molecule has 0 aromatic carbocycles. The van der Waals surface area contributed by atoms with Crippen LogP contribution in [0.25, 0.3) is 0 Å². The maximum absolute atomic E-state index is 5.88. The zero-order chi connectivity index (χ0) is 13.0. The van der Waals surface area contributed by atoms with Crippen LogP contribution in [0, 0.1) is 6.92 Å². The molecule has 18 heavy (non-hydrogen) atoms. The van der Waals surface area contributed by atoms with E-state index in [0.717, 1.165) is 37.2 Å². The van der Waals surface area contributed by atoms with Crippen molar-refractivity contribution in [2.24, 2.45) is 0 Å². The molecule has 3 nitrogen and oxygen atoms in total. The van der Waals surface area contributed by atoms with Crippen LogP contribution < -0.4 is 5.32 Å². The van der Waals surface area contributed by atoms with E-state index in [9.17, 15) is 0 Å². The van der Waals surface area contributed by atoms with Crippen molar-refractivity contribution in [3.63, 3.8) is 0 Å². The zero-order valence-electron chi connectivity index (χ0n) is 12.0. The van der Waals surface area contributed by atoms with Crippen molar-refractivity contribution in [1.82, 2.24) is 10.2 Å². The fourth-order valence-electron chi connectivity index (χ4n) is 2.42. The lowest BCUT2D eigenvalue weighted by Crippen LogP contribution is -2.26. The molecule has 2 rings (SSSR count). The lowest BCUT2D eigenvalue weighted by molar-refractivity contribution is 0.233. The van der Waals surface area contributed by atoms with Gasteiger partial charge < -0.3 is 9.73 Å². The van der Waals surface area contributed by atoms with Crippen molar-refractivity contribution >= 4 is 0 Å². The van der Waals surface area contributed by atoms with Gasteiger partial charge in [0.05, 0.1) is 6.54 Å². The second-order valence-corrected chi connectivity index (χ2v) is 5.28. The van der Waals surface area contributed by atoms with E-state index in [-0.39, 0.29) is 0 Å². The summed E-state index contributed by atoms with van der Waals surface area (Å²) in [5.74, 6) is 2.19. The predicted molar refractivity (Wildman–Crippen MR) is 74.5 cm³/mol. The van der Waals surface area contributed by atoms with Crippen molar-refractivity contribution < 1.29 is 4.42 Å².